The van der Waals surface area contributed by atoms with Crippen LogP contribution in [-0.4, -0.2) is 30.0 Å². The van der Waals surface area contributed by atoms with Crippen LogP contribution in [0.5, 0.6) is 0 Å². The van der Waals surface area contributed by atoms with Crippen molar-refractivity contribution < 1.29 is 0 Å². The highest BCUT2D eigenvalue weighted by atomic mass is 32.2. The Labute approximate surface area is 103 Å². The lowest BCUT2D eigenvalue weighted by Gasteiger charge is -2.25. The molecule has 0 aliphatic rings. The fourth-order valence-corrected chi connectivity index (χ4v) is 2.06. The molecule has 0 N–H and O–H groups in total. The van der Waals surface area contributed by atoms with Gasteiger partial charge < -0.3 is 4.90 Å². The molecule has 0 amide bonds. The summed E-state index contributed by atoms with van der Waals surface area (Å²) in [7, 11) is 4.01. The first-order valence-corrected chi connectivity index (χ1v) is 6.53. The van der Waals surface area contributed by atoms with E-state index in [0.29, 0.717) is 0 Å². The van der Waals surface area contributed by atoms with Crippen molar-refractivity contribution >= 4 is 17.6 Å². The fraction of sp³-hybridized carbons (Fsp3) is 0.667. The number of aromatic nitrogens is 2. The molecule has 3 nitrogen and oxygen atoms in total. The molecule has 0 aliphatic carbocycles. The third-order valence-corrected chi connectivity index (χ3v) is 3.06. The van der Waals surface area contributed by atoms with Crippen LogP contribution in [0.1, 0.15) is 33.3 Å². The molecule has 1 rings (SSSR count). The quantitative estimate of drug-likeness (QED) is 0.758. The summed E-state index contributed by atoms with van der Waals surface area (Å²) in [5.41, 5.74) is 1.35. The highest BCUT2D eigenvalue weighted by Gasteiger charge is 2.21. The minimum Gasteiger partial charge on any atom is -0.361 e. The lowest BCUT2D eigenvalue weighted by Crippen LogP contribution is -2.21. The van der Waals surface area contributed by atoms with Crippen molar-refractivity contribution in [2.45, 2.75) is 38.1 Å². The van der Waals surface area contributed by atoms with Gasteiger partial charge in [0.1, 0.15) is 5.03 Å². The highest BCUT2D eigenvalue weighted by molar-refractivity contribution is 7.99. The molecule has 16 heavy (non-hydrogen) atoms. The molecule has 0 radical (unpaired) electrons. The second kappa shape index (κ2) is 5.04. The minimum absolute atomic E-state index is 0.0958. The molecule has 1 aromatic heterocycles. The zero-order valence-electron chi connectivity index (χ0n) is 11.0. The summed E-state index contributed by atoms with van der Waals surface area (Å²) in [5.74, 6) is 1.99. The maximum absolute atomic E-state index is 4.32. The molecule has 0 saturated carbocycles. The number of hydrogen-bond acceptors (Lipinski definition) is 4. The number of hydrogen-bond donors (Lipinski definition) is 0. The van der Waals surface area contributed by atoms with Gasteiger partial charge in [-0.3, -0.25) is 0 Å². The number of thioether (sulfide) groups is 1. The summed E-state index contributed by atoms with van der Waals surface area (Å²) >= 11 is 1.73. The van der Waals surface area contributed by atoms with Gasteiger partial charge in [-0.15, -0.1) is 22.0 Å². The van der Waals surface area contributed by atoms with Crippen molar-refractivity contribution in [2.75, 3.05) is 24.7 Å². The van der Waals surface area contributed by atoms with Crippen LogP contribution in [0.15, 0.2) is 11.1 Å². The molecule has 0 aliphatic heterocycles. The lowest BCUT2D eigenvalue weighted by atomic mass is 9.87. The molecule has 0 atom stereocenters. The monoisotopic (exact) mass is 239 g/mol. The normalized spacial score (nSPS) is 11.6. The van der Waals surface area contributed by atoms with E-state index in [1.54, 1.807) is 11.8 Å². The zero-order chi connectivity index (χ0) is 12.3. The Balaban J connectivity index is 3.22. The van der Waals surface area contributed by atoms with Crippen LogP contribution < -0.4 is 4.90 Å². The number of nitrogens with zero attached hydrogens (tertiary/aromatic N) is 3. The minimum atomic E-state index is 0.0958. The van der Waals surface area contributed by atoms with Crippen LogP contribution in [0.25, 0.3) is 0 Å². The predicted molar refractivity (Wildman–Crippen MR) is 71.5 cm³/mol. The molecule has 1 heterocycles. The van der Waals surface area contributed by atoms with Crippen molar-refractivity contribution in [3.8, 4) is 0 Å². The van der Waals surface area contributed by atoms with Crippen LogP contribution in [0, 0.1) is 0 Å². The van der Waals surface area contributed by atoms with Gasteiger partial charge in [-0.05, 0) is 17.2 Å². The Morgan fingerprint density at radius 3 is 2.31 bits per heavy atom. The summed E-state index contributed by atoms with van der Waals surface area (Å²) in [6.07, 6.45) is 0. The zero-order valence-corrected chi connectivity index (χ0v) is 11.9. The first-order valence-electron chi connectivity index (χ1n) is 5.54. The number of anilines is 1. The Morgan fingerprint density at radius 1 is 1.25 bits per heavy atom. The van der Waals surface area contributed by atoms with Crippen LogP contribution in [0.2, 0.25) is 0 Å². The van der Waals surface area contributed by atoms with Gasteiger partial charge in [0.25, 0.3) is 0 Å². The maximum Gasteiger partial charge on any atom is 0.154 e. The van der Waals surface area contributed by atoms with E-state index in [-0.39, 0.29) is 5.41 Å². The predicted octanol–water partition coefficient (Wildman–Crippen LogP) is 2.95. The highest BCUT2D eigenvalue weighted by Crippen LogP contribution is 2.31. The van der Waals surface area contributed by atoms with Crippen molar-refractivity contribution in [1.29, 1.82) is 0 Å². The fourth-order valence-electron chi connectivity index (χ4n) is 1.47. The molecular formula is C12H21N3S. The maximum atomic E-state index is 4.32. The van der Waals surface area contributed by atoms with Gasteiger partial charge >= 0.3 is 0 Å². The molecule has 0 aromatic carbocycles. The molecule has 0 spiro atoms. The van der Waals surface area contributed by atoms with Gasteiger partial charge in [0.15, 0.2) is 5.82 Å². The van der Waals surface area contributed by atoms with Gasteiger partial charge in [0.05, 0.1) is 0 Å². The third-order valence-electron chi connectivity index (χ3n) is 2.28. The Kier molecular flexibility index (Phi) is 4.19. The van der Waals surface area contributed by atoms with Crippen molar-refractivity contribution in [3.05, 3.63) is 11.6 Å². The van der Waals surface area contributed by atoms with E-state index in [9.17, 15) is 0 Å². The van der Waals surface area contributed by atoms with E-state index in [1.807, 2.05) is 19.0 Å². The molecule has 0 fully saturated rings. The van der Waals surface area contributed by atoms with E-state index in [4.69, 9.17) is 0 Å². The van der Waals surface area contributed by atoms with Gasteiger partial charge in [-0.25, -0.2) is 0 Å². The van der Waals surface area contributed by atoms with Gasteiger partial charge in [0.2, 0.25) is 0 Å². The lowest BCUT2D eigenvalue weighted by molar-refractivity contribution is 0.580. The standard InChI is InChI=1S/C12H21N3S/c1-7-16-10-8-9(12(2,3)4)11(14-13-10)15(5)6/h8H,7H2,1-6H3. The first-order chi connectivity index (χ1) is 7.36. The Bertz CT molecular complexity index is 356. The van der Waals surface area contributed by atoms with Crippen LogP contribution in [0.4, 0.5) is 5.82 Å². The van der Waals surface area contributed by atoms with Crippen molar-refractivity contribution in [1.82, 2.24) is 10.2 Å². The molecule has 0 unspecified atom stereocenters. The summed E-state index contributed by atoms with van der Waals surface area (Å²) in [6.45, 7) is 8.75. The average molecular weight is 239 g/mol. The largest absolute Gasteiger partial charge is 0.361 e. The van der Waals surface area contributed by atoms with Crippen molar-refractivity contribution in [2.24, 2.45) is 0 Å². The second-order valence-corrected chi connectivity index (χ2v) is 6.28. The van der Waals surface area contributed by atoms with E-state index < -0.39 is 0 Å². The molecule has 1 aromatic rings. The smallest absolute Gasteiger partial charge is 0.154 e. The summed E-state index contributed by atoms with van der Waals surface area (Å²) in [6, 6.07) is 2.16. The molecule has 0 bridgehead atoms. The van der Waals surface area contributed by atoms with E-state index in [1.165, 1.54) is 5.56 Å². The van der Waals surface area contributed by atoms with Crippen molar-refractivity contribution in [3.63, 3.8) is 0 Å². The molecule has 0 saturated heterocycles. The van der Waals surface area contributed by atoms with Gasteiger partial charge in [-0.2, -0.15) is 0 Å². The van der Waals surface area contributed by atoms with E-state index in [2.05, 4.69) is 44.0 Å². The third kappa shape index (κ3) is 3.11. The van der Waals surface area contributed by atoms with Gasteiger partial charge in [-0.1, -0.05) is 27.7 Å². The van der Waals surface area contributed by atoms with E-state index >= 15 is 0 Å². The molecular weight excluding hydrogens is 218 g/mol. The second-order valence-electron chi connectivity index (χ2n) is 5.00. The van der Waals surface area contributed by atoms with Crippen LogP contribution >= 0.6 is 11.8 Å². The van der Waals surface area contributed by atoms with Crippen LogP contribution in [-0.2, 0) is 5.41 Å². The summed E-state index contributed by atoms with van der Waals surface area (Å²) in [4.78, 5) is 2.02. The Morgan fingerprint density at radius 2 is 1.88 bits per heavy atom. The van der Waals surface area contributed by atoms with Gasteiger partial charge in [0, 0.05) is 19.7 Å². The summed E-state index contributed by atoms with van der Waals surface area (Å²) in [5, 5.41) is 9.57. The molecule has 90 valence electrons. The summed E-state index contributed by atoms with van der Waals surface area (Å²) < 4.78 is 0. The topological polar surface area (TPSA) is 29.0 Å². The molecule has 4 heteroatoms. The van der Waals surface area contributed by atoms with Crippen LogP contribution in [0.3, 0.4) is 0 Å². The average Bonchev–Trinajstić information content (AvgIpc) is 2.16. The SMILES string of the molecule is CCSc1cc(C(C)(C)C)c(N(C)C)nn1. The Hall–Kier alpha value is -0.770. The van der Waals surface area contributed by atoms with E-state index in [0.717, 1.165) is 16.6 Å². The number of rotatable bonds is 3. The first kappa shape index (κ1) is 13.3.